The topological polar surface area (TPSA) is 57.8 Å². The molecule has 2 aromatic carbocycles. The molecule has 1 heterocycles. The maximum Gasteiger partial charge on any atom is 0.266 e. The number of para-hydroxylation sites is 1. The summed E-state index contributed by atoms with van der Waals surface area (Å²) in [6.45, 7) is 8.03. The van der Waals surface area contributed by atoms with Crippen LogP contribution in [-0.4, -0.2) is 10.5 Å². The lowest BCUT2D eigenvalue weighted by molar-refractivity contribution is -0.112. The number of aromatic nitrogens is 1. The van der Waals surface area contributed by atoms with E-state index in [0.717, 1.165) is 28.2 Å². The normalized spacial score (nSPS) is 11.2. The lowest BCUT2D eigenvalue weighted by Crippen LogP contribution is -2.14. The highest BCUT2D eigenvalue weighted by molar-refractivity contribution is 6.09. The number of rotatable bonds is 4. The fraction of sp³-hybridized carbons (Fsp3) is 0.167. The maximum atomic E-state index is 13.8. The number of carbonyl (C=O) groups excluding carboxylic acids is 1. The van der Waals surface area contributed by atoms with Gasteiger partial charge >= 0.3 is 0 Å². The van der Waals surface area contributed by atoms with Crippen LogP contribution in [0.3, 0.4) is 0 Å². The zero-order valence-electron chi connectivity index (χ0n) is 16.9. The first-order valence-corrected chi connectivity index (χ1v) is 9.26. The molecule has 1 N–H and O–H groups in total. The molecule has 1 amide bonds. The molecule has 0 aliphatic rings. The second-order valence-electron chi connectivity index (χ2n) is 7.06. The molecule has 3 aromatic rings. The van der Waals surface area contributed by atoms with Crippen LogP contribution in [0.25, 0.3) is 11.8 Å². The van der Waals surface area contributed by atoms with Gasteiger partial charge in [-0.15, -0.1) is 0 Å². The predicted octanol–water partition coefficient (Wildman–Crippen LogP) is 5.40. The number of nitriles is 1. The van der Waals surface area contributed by atoms with Crippen molar-refractivity contribution in [3.63, 3.8) is 0 Å². The molecular weight excluding hydrogens is 365 g/mol. The van der Waals surface area contributed by atoms with Crippen molar-refractivity contribution in [2.75, 3.05) is 5.32 Å². The first kappa shape index (κ1) is 20.1. The molecule has 146 valence electrons. The van der Waals surface area contributed by atoms with E-state index in [1.165, 1.54) is 23.8 Å². The molecule has 0 aliphatic heterocycles. The van der Waals surface area contributed by atoms with E-state index >= 15 is 0 Å². The van der Waals surface area contributed by atoms with Crippen LogP contribution in [-0.2, 0) is 4.79 Å². The first-order chi connectivity index (χ1) is 13.8. The zero-order chi connectivity index (χ0) is 21.1. The third-order valence-corrected chi connectivity index (χ3v) is 4.85. The third-order valence-electron chi connectivity index (χ3n) is 4.85. The minimum atomic E-state index is -0.645. The Labute approximate surface area is 169 Å². The van der Waals surface area contributed by atoms with Gasteiger partial charge in [-0.2, -0.15) is 5.26 Å². The molecule has 0 aliphatic carbocycles. The van der Waals surface area contributed by atoms with Gasteiger partial charge in [0, 0.05) is 17.1 Å². The lowest BCUT2D eigenvalue weighted by atomic mass is 10.1. The highest BCUT2D eigenvalue weighted by atomic mass is 19.1. The van der Waals surface area contributed by atoms with E-state index in [1.54, 1.807) is 12.1 Å². The highest BCUT2D eigenvalue weighted by Gasteiger charge is 2.15. The Morgan fingerprint density at radius 3 is 2.48 bits per heavy atom. The molecule has 3 rings (SSSR count). The van der Waals surface area contributed by atoms with Crippen molar-refractivity contribution in [1.82, 2.24) is 4.57 Å². The summed E-state index contributed by atoms with van der Waals surface area (Å²) in [6.07, 6.45) is 1.54. The molecule has 1 aromatic heterocycles. The summed E-state index contributed by atoms with van der Waals surface area (Å²) in [5.74, 6) is -1.19. The Morgan fingerprint density at radius 2 is 1.83 bits per heavy atom. The van der Waals surface area contributed by atoms with Crippen LogP contribution < -0.4 is 5.32 Å². The third kappa shape index (κ3) is 4.12. The zero-order valence-corrected chi connectivity index (χ0v) is 16.9. The summed E-state index contributed by atoms with van der Waals surface area (Å²) in [4.78, 5) is 12.5. The molecule has 0 radical (unpaired) electrons. The summed E-state index contributed by atoms with van der Waals surface area (Å²) in [7, 11) is 0. The second kappa shape index (κ2) is 8.15. The van der Waals surface area contributed by atoms with E-state index < -0.39 is 11.7 Å². The molecule has 0 unspecified atom stereocenters. The van der Waals surface area contributed by atoms with Crippen LogP contribution in [0.15, 0.2) is 54.1 Å². The highest BCUT2D eigenvalue weighted by Crippen LogP contribution is 2.25. The number of carbonyl (C=O) groups is 1. The molecule has 0 saturated carbocycles. The summed E-state index contributed by atoms with van der Waals surface area (Å²) >= 11 is 0. The number of halogens is 1. The number of nitrogens with one attached hydrogen (secondary N) is 1. The van der Waals surface area contributed by atoms with Gasteiger partial charge in [0.25, 0.3) is 5.91 Å². The standard InChI is InChI=1S/C24H22FN3O/c1-15-9-10-23(16(2)11-15)28-17(3)12-19(18(28)4)13-20(14-26)24(29)27-22-8-6-5-7-21(22)25/h5-13H,1-4H3,(H,27,29)/b20-13-. The monoisotopic (exact) mass is 387 g/mol. The first-order valence-electron chi connectivity index (χ1n) is 9.26. The summed E-state index contributed by atoms with van der Waals surface area (Å²) < 4.78 is 15.9. The smallest absolute Gasteiger partial charge is 0.266 e. The van der Waals surface area contributed by atoms with E-state index in [9.17, 15) is 14.4 Å². The van der Waals surface area contributed by atoms with Crippen LogP contribution in [0.2, 0.25) is 0 Å². The van der Waals surface area contributed by atoms with E-state index in [4.69, 9.17) is 0 Å². The Bertz CT molecular complexity index is 1170. The number of nitrogens with zero attached hydrogens (tertiary/aromatic N) is 2. The van der Waals surface area contributed by atoms with E-state index in [2.05, 4.69) is 35.0 Å². The van der Waals surface area contributed by atoms with Crippen molar-refractivity contribution in [1.29, 1.82) is 5.26 Å². The number of amides is 1. The number of aryl methyl sites for hydroxylation is 3. The van der Waals surface area contributed by atoms with Crippen molar-refractivity contribution in [2.45, 2.75) is 27.7 Å². The molecule has 0 fully saturated rings. The van der Waals surface area contributed by atoms with Gasteiger partial charge in [-0.25, -0.2) is 4.39 Å². The van der Waals surface area contributed by atoms with E-state index in [0.29, 0.717) is 0 Å². The van der Waals surface area contributed by atoms with E-state index in [-0.39, 0.29) is 11.3 Å². The van der Waals surface area contributed by atoms with Crippen molar-refractivity contribution >= 4 is 17.7 Å². The molecule has 0 spiro atoms. The van der Waals surface area contributed by atoms with Crippen LogP contribution in [0.5, 0.6) is 0 Å². The maximum absolute atomic E-state index is 13.8. The second-order valence-corrected chi connectivity index (χ2v) is 7.06. The fourth-order valence-corrected chi connectivity index (χ4v) is 3.42. The molecular formula is C24H22FN3O. The number of hydrogen-bond acceptors (Lipinski definition) is 2. The largest absolute Gasteiger partial charge is 0.319 e. The van der Waals surface area contributed by atoms with E-state index in [1.807, 2.05) is 32.9 Å². The van der Waals surface area contributed by atoms with Crippen LogP contribution in [0.4, 0.5) is 10.1 Å². The summed E-state index contributed by atoms with van der Waals surface area (Å²) in [5.41, 5.74) is 6.01. The van der Waals surface area contributed by atoms with Crippen molar-refractivity contribution in [3.05, 3.63) is 88.0 Å². The van der Waals surface area contributed by atoms with Gasteiger partial charge in [-0.3, -0.25) is 4.79 Å². The number of anilines is 1. The van der Waals surface area contributed by atoms with Gasteiger partial charge in [0.1, 0.15) is 17.5 Å². The number of hydrogen-bond donors (Lipinski definition) is 1. The Kier molecular flexibility index (Phi) is 5.65. The minimum absolute atomic E-state index is 0.0411. The van der Waals surface area contributed by atoms with Crippen LogP contribution in [0, 0.1) is 44.8 Å². The van der Waals surface area contributed by atoms with Crippen molar-refractivity contribution in [2.24, 2.45) is 0 Å². The lowest BCUT2D eigenvalue weighted by Gasteiger charge is -2.13. The average molecular weight is 387 g/mol. The molecule has 5 heteroatoms. The van der Waals surface area contributed by atoms with Gasteiger partial charge in [0.2, 0.25) is 0 Å². The molecule has 0 atom stereocenters. The Hall–Kier alpha value is -3.65. The fourth-order valence-electron chi connectivity index (χ4n) is 3.42. The summed E-state index contributed by atoms with van der Waals surface area (Å²) in [6, 6.07) is 15.9. The Balaban J connectivity index is 1.98. The average Bonchev–Trinajstić information content (AvgIpc) is 2.95. The minimum Gasteiger partial charge on any atom is -0.319 e. The molecule has 29 heavy (non-hydrogen) atoms. The van der Waals surface area contributed by atoms with Gasteiger partial charge < -0.3 is 9.88 Å². The van der Waals surface area contributed by atoms with Crippen molar-refractivity contribution in [3.8, 4) is 11.8 Å². The quantitative estimate of drug-likeness (QED) is 0.482. The van der Waals surface area contributed by atoms with Gasteiger partial charge in [0.05, 0.1) is 5.69 Å². The Morgan fingerprint density at radius 1 is 1.10 bits per heavy atom. The molecule has 0 bridgehead atoms. The van der Waals surface area contributed by atoms with Gasteiger partial charge in [-0.05, 0) is 69.2 Å². The van der Waals surface area contributed by atoms with Crippen LogP contribution >= 0.6 is 0 Å². The van der Waals surface area contributed by atoms with Crippen LogP contribution in [0.1, 0.15) is 28.1 Å². The molecule has 0 saturated heterocycles. The van der Waals surface area contributed by atoms with Gasteiger partial charge in [-0.1, -0.05) is 29.8 Å². The summed E-state index contributed by atoms with van der Waals surface area (Å²) in [5, 5.41) is 11.9. The predicted molar refractivity (Wildman–Crippen MR) is 113 cm³/mol. The van der Waals surface area contributed by atoms with Gasteiger partial charge in [0.15, 0.2) is 0 Å². The molecule has 4 nitrogen and oxygen atoms in total. The van der Waals surface area contributed by atoms with Crippen molar-refractivity contribution < 1.29 is 9.18 Å². The SMILES string of the molecule is Cc1ccc(-n2c(C)cc(/C=C(/C#N)C(=O)Nc3ccccc3F)c2C)c(C)c1. The number of benzene rings is 2.